The van der Waals surface area contributed by atoms with E-state index in [2.05, 4.69) is 20.9 Å². The topological polar surface area (TPSA) is 44.1 Å². The van der Waals surface area contributed by atoms with Crippen LogP contribution in [0.5, 0.6) is 11.6 Å². The fraction of sp³-hybridized carbons (Fsp3) is 0.167. The van der Waals surface area contributed by atoms with Crippen molar-refractivity contribution in [2.24, 2.45) is 0 Å². The number of ether oxygens (including phenoxy) is 1. The summed E-state index contributed by atoms with van der Waals surface area (Å²) in [4.78, 5) is 15.7. The van der Waals surface area contributed by atoms with Crippen molar-refractivity contribution in [1.82, 2.24) is 9.55 Å². The molecule has 4 nitrogen and oxygen atoms in total. The van der Waals surface area contributed by atoms with Gasteiger partial charge in [0.05, 0.1) is 0 Å². The van der Waals surface area contributed by atoms with Gasteiger partial charge in [-0.2, -0.15) is 0 Å². The highest BCUT2D eigenvalue weighted by Gasteiger charge is 2.10. The van der Waals surface area contributed by atoms with Crippen molar-refractivity contribution < 1.29 is 9.13 Å². The number of hydrogen-bond acceptors (Lipinski definition) is 3. The lowest BCUT2D eigenvalue weighted by Crippen LogP contribution is -2.20. The molecule has 1 aromatic heterocycles. The summed E-state index contributed by atoms with van der Waals surface area (Å²) in [6.45, 7) is 2.32. The fourth-order valence-electron chi connectivity index (χ4n) is 1.41. The van der Waals surface area contributed by atoms with Gasteiger partial charge in [0.2, 0.25) is 0 Å². The Bertz CT molecular complexity index is 628. The van der Waals surface area contributed by atoms with Crippen LogP contribution in [-0.4, -0.2) is 9.55 Å². The number of hydrogen-bond donors (Lipinski definition) is 0. The minimum absolute atomic E-state index is 0.0390. The summed E-state index contributed by atoms with van der Waals surface area (Å²) in [5.41, 5.74) is -0.389. The molecule has 1 heterocycles. The molecule has 0 aliphatic heterocycles. The van der Waals surface area contributed by atoms with Crippen LogP contribution in [-0.2, 0) is 6.54 Å². The Kier molecular flexibility index (Phi) is 3.76. The monoisotopic (exact) mass is 312 g/mol. The first-order valence-corrected chi connectivity index (χ1v) is 6.09. The summed E-state index contributed by atoms with van der Waals surface area (Å²) < 4.78 is 20.8. The Balaban J connectivity index is 2.40. The van der Waals surface area contributed by atoms with E-state index < -0.39 is 5.82 Å². The molecule has 0 spiro atoms. The molecular formula is C12H10BrFN2O2. The van der Waals surface area contributed by atoms with Crippen LogP contribution in [0, 0.1) is 5.82 Å². The molecule has 0 aliphatic rings. The number of aromatic nitrogens is 2. The SMILES string of the molecule is CCn1ccnc(Oc2cc(Br)ccc2F)c1=O. The highest BCUT2D eigenvalue weighted by molar-refractivity contribution is 9.10. The molecule has 0 fully saturated rings. The van der Waals surface area contributed by atoms with Crippen molar-refractivity contribution in [3.63, 3.8) is 0 Å². The summed E-state index contributed by atoms with van der Waals surface area (Å²) in [7, 11) is 0. The molecule has 0 radical (unpaired) electrons. The van der Waals surface area contributed by atoms with Gasteiger partial charge in [-0.05, 0) is 25.1 Å². The molecule has 2 aromatic rings. The van der Waals surface area contributed by atoms with E-state index in [0.717, 1.165) is 0 Å². The van der Waals surface area contributed by atoms with Gasteiger partial charge >= 0.3 is 5.56 Å². The van der Waals surface area contributed by atoms with Crippen molar-refractivity contribution in [3.05, 3.63) is 51.2 Å². The quantitative estimate of drug-likeness (QED) is 0.875. The van der Waals surface area contributed by atoms with Gasteiger partial charge in [0.25, 0.3) is 5.88 Å². The van der Waals surface area contributed by atoms with E-state index >= 15 is 0 Å². The Hall–Kier alpha value is -1.69. The lowest BCUT2D eigenvalue weighted by atomic mass is 10.3. The van der Waals surface area contributed by atoms with Crippen molar-refractivity contribution in [3.8, 4) is 11.6 Å². The summed E-state index contributed by atoms with van der Waals surface area (Å²) in [6.07, 6.45) is 2.99. The average molecular weight is 313 g/mol. The van der Waals surface area contributed by atoms with Gasteiger partial charge in [0.15, 0.2) is 11.6 Å². The zero-order valence-electron chi connectivity index (χ0n) is 9.56. The standard InChI is InChI=1S/C12H10BrFN2O2/c1-2-16-6-5-15-11(12(16)17)18-10-7-8(13)3-4-9(10)14/h3-7H,2H2,1H3. The lowest BCUT2D eigenvalue weighted by molar-refractivity contribution is 0.414. The van der Waals surface area contributed by atoms with Crippen LogP contribution >= 0.6 is 15.9 Å². The van der Waals surface area contributed by atoms with Crippen LogP contribution in [0.4, 0.5) is 4.39 Å². The average Bonchev–Trinajstić information content (AvgIpc) is 2.36. The van der Waals surface area contributed by atoms with Crippen molar-refractivity contribution in [2.45, 2.75) is 13.5 Å². The predicted octanol–water partition coefficient (Wildman–Crippen LogP) is 2.96. The molecule has 0 saturated heterocycles. The number of aryl methyl sites for hydroxylation is 1. The van der Waals surface area contributed by atoms with Gasteiger partial charge in [0, 0.05) is 23.4 Å². The van der Waals surface area contributed by atoms with Crippen LogP contribution in [0.15, 0.2) is 39.9 Å². The third-order valence-electron chi connectivity index (χ3n) is 2.32. The zero-order chi connectivity index (χ0) is 13.1. The Morgan fingerprint density at radius 1 is 1.50 bits per heavy atom. The molecule has 0 aliphatic carbocycles. The Labute approximate surface area is 111 Å². The van der Waals surface area contributed by atoms with Gasteiger partial charge in [-0.15, -0.1) is 0 Å². The van der Waals surface area contributed by atoms with Gasteiger partial charge in [-0.3, -0.25) is 4.79 Å². The second-order valence-corrected chi connectivity index (χ2v) is 4.42. The van der Waals surface area contributed by atoms with E-state index in [1.165, 1.54) is 22.9 Å². The van der Waals surface area contributed by atoms with Crippen LogP contribution in [0.1, 0.15) is 6.92 Å². The maximum atomic E-state index is 13.5. The number of benzene rings is 1. The highest BCUT2D eigenvalue weighted by atomic mass is 79.9. The van der Waals surface area contributed by atoms with Crippen molar-refractivity contribution in [2.75, 3.05) is 0 Å². The third-order valence-corrected chi connectivity index (χ3v) is 2.82. The van der Waals surface area contributed by atoms with E-state index in [1.54, 1.807) is 12.3 Å². The molecule has 0 amide bonds. The summed E-state index contributed by atoms with van der Waals surface area (Å²) in [5, 5.41) is 0. The lowest BCUT2D eigenvalue weighted by Gasteiger charge is -2.07. The smallest absolute Gasteiger partial charge is 0.313 e. The molecule has 0 saturated carbocycles. The zero-order valence-corrected chi connectivity index (χ0v) is 11.1. The molecule has 6 heteroatoms. The molecule has 2 rings (SSSR count). The van der Waals surface area contributed by atoms with Gasteiger partial charge in [-0.25, -0.2) is 9.37 Å². The molecule has 0 N–H and O–H groups in total. The predicted molar refractivity (Wildman–Crippen MR) is 68.3 cm³/mol. The van der Waals surface area contributed by atoms with E-state index in [9.17, 15) is 9.18 Å². The normalized spacial score (nSPS) is 10.4. The third kappa shape index (κ3) is 2.59. The van der Waals surface area contributed by atoms with Crippen LogP contribution in [0.25, 0.3) is 0 Å². The largest absolute Gasteiger partial charge is 0.431 e. The minimum Gasteiger partial charge on any atom is -0.431 e. The first-order chi connectivity index (χ1) is 8.61. The van der Waals surface area contributed by atoms with Crippen molar-refractivity contribution >= 4 is 15.9 Å². The van der Waals surface area contributed by atoms with E-state index in [0.29, 0.717) is 11.0 Å². The number of halogens is 2. The van der Waals surface area contributed by atoms with Gasteiger partial charge < -0.3 is 9.30 Å². The van der Waals surface area contributed by atoms with Crippen LogP contribution < -0.4 is 10.3 Å². The highest BCUT2D eigenvalue weighted by Crippen LogP contribution is 2.24. The van der Waals surface area contributed by atoms with E-state index in [-0.39, 0.29) is 17.2 Å². The maximum Gasteiger partial charge on any atom is 0.313 e. The molecule has 0 bridgehead atoms. The Morgan fingerprint density at radius 3 is 3.00 bits per heavy atom. The fourth-order valence-corrected chi connectivity index (χ4v) is 1.75. The first-order valence-electron chi connectivity index (χ1n) is 5.30. The first kappa shape index (κ1) is 12.8. The molecule has 0 unspecified atom stereocenters. The number of rotatable bonds is 3. The molecular weight excluding hydrogens is 303 g/mol. The second kappa shape index (κ2) is 5.30. The summed E-state index contributed by atoms with van der Waals surface area (Å²) in [6, 6.07) is 4.24. The van der Waals surface area contributed by atoms with Crippen LogP contribution in [0.3, 0.4) is 0 Å². The van der Waals surface area contributed by atoms with E-state index in [4.69, 9.17) is 4.74 Å². The minimum atomic E-state index is -0.550. The second-order valence-electron chi connectivity index (χ2n) is 3.50. The molecule has 94 valence electrons. The Morgan fingerprint density at radius 2 is 2.28 bits per heavy atom. The summed E-state index contributed by atoms with van der Waals surface area (Å²) >= 11 is 3.21. The van der Waals surface area contributed by atoms with Gasteiger partial charge in [-0.1, -0.05) is 15.9 Å². The van der Waals surface area contributed by atoms with E-state index in [1.807, 2.05) is 6.92 Å². The van der Waals surface area contributed by atoms with Crippen molar-refractivity contribution in [1.29, 1.82) is 0 Å². The molecule has 1 aromatic carbocycles. The molecule has 18 heavy (non-hydrogen) atoms. The maximum absolute atomic E-state index is 13.5. The van der Waals surface area contributed by atoms with Gasteiger partial charge in [0.1, 0.15) is 0 Å². The summed E-state index contributed by atoms with van der Waals surface area (Å²) in [5.74, 6) is -0.731. The molecule has 0 atom stereocenters. The van der Waals surface area contributed by atoms with Crippen LogP contribution in [0.2, 0.25) is 0 Å². The number of nitrogens with zero attached hydrogens (tertiary/aromatic N) is 2.